The van der Waals surface area contributed by atoms with Crippen molar-refractivity contribution in [1.82, 2.24) is 14.8 Å². The topological polar surface area (TPSA) is 30.7 Å². The molecular formula is C19H22ClN3S2. The zero-order valence-electron chi connectivity index (χ0n) is 14.8. The van der Waals surface area contributed by atoms with Crippen LogP contribution in [0.15, 0.2) is 34.8 Å². The summed E-state index contributed by atoms with van der Waals surface area (Å²) in [4.78, 5) is 1.37. The summed E-state index contributed by atoms with van der Waals surface area (Å²) in [5.41, 5.74) is 3.83. The van der Waals surface area contributed by atoms with E-state index in [1.807, 2.05) is 18.2 Å². The fourth-order valence-corrected chi connectivity index (χ4v) is 4.96. The van der Waals surface area contributed by atoms with E-state index in [1.165, 1.54) is 21.6 Å². The summed E-state index contributed by atoms with van der Waals surface area (Å²) in [6, 6.07) is 7.99. The molecule has 0 aliphatic rings. The number of hydrogen-bond acceptors (Lipinski definition) is 4. The van der Waals surface area contributed by atoms with Crippen LogP contribution in [-0.4, -0.2) is 14.8 Å². The average Bonchev–Trinajstić information content (AvgIpc) is 3.16. The van der Waals surface area contributed by atoms with Gasteiger partial charge in [0.1, 0.15) is 0 Å². The van der Waals surface area contributed by atoms with Crippen molar-refractivity contribution >= 4 is 34.7 Å². The summed E-state index contributed by atoms with van der Waals surface area (Å²) in [6.07, 6.45) is 2.08. The van der Waals surface area contributed by atoms with E-state index in [0.717, 1.165) is 41.1 Å². The highest BCUT2D eigenvalue weighted by atomic mass is 35.5. The van der Waals surface area contributed by atoms with Crippen molar-refractivity contribution in [3.8, 4) is 11.4 Å². The van der Waals surface area contributed by atoms with Crippen molar-refractivity contribution in [2.75, 3.05) is 0 Å². The molecule has 0 N–H and O–H groups in total. The van der Waals surface area contributed by atoms with Crippen molar-refractivity contribution in [1.29, 1.82) is 0 Å². The van der Waals surface area contributed by atoms with Crippen LogP contribution in [0.25, 0.3) is 11.4 Å². The van der Waals surface area contributed by atoms with E-state index in [-0.39, 0.29) is 0 Å². The van der Waals surface area contributed by atoms with Gasteiger partial charge in [-0.2, -0.15) is 0 Å². The van der Waals surface area contributed by atoms with Crippen molar-refractivity contribution < 1.29 is 0 Å². The standard InChI is InChI=1S/C19H22ClN3S2/c1-4-9-23-18(17-12-24-13(3)16(17)5-2)21-22-19(23)25-11-14-7-6-8-15(20)10-14/h6-8,10,12H,4-5,9,11H2,1-3H3. The molecule has 0 saturated carbocycles. The summed E-state index contributed by atoms with van der Waals surface area (Å²) < 4.78 is 2.26. The molecule has 132 valence electrons. The number of aryl methyl sites for hydroxylation is 1. The van der Waals surface area contributed by atoms with Gasteiger partial charge in [0.2, 0.25) is 0 Å². The second-order valence-electron chi connectivity index (χ2n) is 5.91. The van der Waals surface area contributed by atoms with Gasteiger partial charge in [-0.15, -0.1) is 21.5 Å². The fraction of sp³-hybridized carbons (Fsp3) is 0.368. The van der Waals surface area contributed by atoms with Gasteiger partial charge in [0.25, 0.3) is 0 Å². The van der Waals surface area contributed by atoms with Crippen LogP contribution in [0.2, 0.25) is 5.02 Å². The van der Waals surface area contributed by atoms with Gasteiger partial charge in [0.05, 0.1) is 0 Å². The quantitative estimate of drug-likeness (QED) is 0.447. The Labute approximate surface area is 162 Å². The molecule has 0 atom stereocenters. The molecule has 6 heteroatoms. The number of rotatable bonds is 7. The Balaban J connectivity index is 1.89. The molecule has 2 heterocycles. The van der Waals surface area contributed by atoms with Crippen LogP contribution in [0.4, 0.5) is 0 Å². The van der Waals surface area contributed by atoms with E-state index in [1.54, 1.807) is 23.1 Å². The highest BCUT2D eigenvalue weighted by molar-refractivity contribution is 7.98. The average molecular weight is 392 g/mol. The number of nitrogens with zero attached hydrogens (tertiary/aromatic N) is 3. The maximum atomic E-state index is 6.09. The Morgan fingerprint density at radius 3 is 2.80 bits per heavy atom. The van der Waals surface area contributed by atoms with Crippen LogP contribution in [0.5, 0.6) is 0 Å². The maximum Gasteiger partial charge on any atom is 0.191 e. The Morgan fingerprint density at radius 2 is 2.08 bits per heavy atom. The van der Waals surface area contributed by atoms with Gasteiger partial charge in [-0.1, -0.05) is 49.3 Å². The highest BCUT2D eigenvalue weighted by Crippen LogP contribution is 2.33. The Kier molecular flexibility index (Phi) is 6.20. The lowest BCUT2D eigenvalue weighted by atomic mass is 10.1. The third-order valence-corrected chi connectivity index (χ3v) is 6.35. The molecule has 0 spiro atoms. The number of thioether (sulfide) groups is 1. The highest BCUT2D eigenvalue weighted by Gasteiger charge is 2.18. The normalized spacial score (nSPS) is 11.2. The number of thiophene rings is 1. The van der Waals surface area contributed by atoms with Gasteiger partial charge in [0.15, 0.2) is 11.0 Å². The summed E-state index contributed by atoms with van der Waals surface area (Å²) in [5.74, 6) is 1.84. The minimum absolute atomic E-state index is 0.773. The SMILES string of the molecule is CCCn1c(SCc2cccc(Cl)c2)nnc1-c1csc(C)c1CC. The molecule has 1 aromatic carbocycles. The first-order valence-corrected chi connectivity index (χ1v) is 10.8. The molecule has 0 radical (unpaired) electrons. The van der Waals surface area contributed by atoms with Gasteiger partial charge in [-0.05, 0) is 43.0 Å². The summed E-state index contributed by atoms with van der Waals surface area (Å²) in [5, 5.41) is 13.0. The number of benzene rings is 1. The van der Waals surface area contributed by atoms with Crippen molar-refractivity contribution in [2.24, 2.45) is 0 Å². The molecule has 25 heavy (non-hydrogen) atoms. The van der Waals surface area contributed by atoms with Crippen LogP contribution in [0.1, 0.15) is 36.3 Å². The molecule has 3 nitrogen and oxygen atoms in total. The predicted octanol–water partition coefficient (Wildman–Crippen LogP) is 6.23. The monoisotopic (exact) mass is 391 g/mol. The van der Waals surface area contributed by atoms with E-state index in [4.69, 9.17) is 11.6 Å². The number of halogens is 1. The van der Waals surface area contributed by atoms with Gasteiger partial charge < -0.3 is 4.57 Å². The lowest BCUT2D eigenvalue weighted by molar-refractivity contribution is 0.626. The third-order valence-electron chi connectivity index (χ3n) is 4.12. The Hall–Kier alpha value is -1.30. The van der Waals surface area contributed by atoms with Gasteiger partial charge in [-0.25, -0.2) is 0 Å². The van der Waals surface area contributed by atoms with E-state index in [9.17, 15) is 0 Å². The lowest BCUT2D eigenvalue weighted by Crippen LogP contribution is -2.02. The molecule has 0 saturated heterocycles. The van der Waals surface area contributed by atoms with E-state index in [0.29, 0.717) is 0 Å². The third kappa shape index (κ3) is 4.10. The second-order valence-corrected chi connectivity index (χ2v) is 8.38. The summed E-state index contributed by atoms with van der Waals surface area (Å²) >= 11 is 9.60. The zero-order chi connectivity index (χ0) is 17.8. The van der Waals surface area contributed by atoms with Crippen molar-refractivity contribution in [2.45, 2.75) is 51.1 Å². The van der Waals surface area contributed by atoms with Gasteiger partial charge >= 0.3 is 0 Å². The number of hydrogen-bond donors (Lipinski definition) is 0. The molecule has 0 fully saturated rings. The van der Waals surface area contributed by atoms with E-state index in [2.05, 4.69) is 47.0 Å². The minimum Gasteiger partial charge on any atom is -0.302 e. The fourth-order valence-electron chi connectivity index (χ4n) is 2.90. The molecule has 3 aromatic rings. The number of aromatic nitrogens is 3. The first-order valence-electron chi connectivity index (χ1n) is 8.51. The second kappa shape index (κ2) is 8.39. The van der Waals surface area contributed by atoms with Crippen LogP contribution < -0.4 is 0 Å². The molecule has 3 rings (SSSR count). The van der Waals surface area contributed by atoms with Gasteiger partial charge in [-0.3, -0.25) is 0 Å². The summed E-state index contributed by atoms with van der Waals surface area (Å²) in [7, 11) is 0. The maximum absolute atomic E-state index is 6.09. The first kappa shape index (κ1) is 18.5. The molecule has 0 bridgehead atoms. The molecular weight excluding hydrogens is 370 g/mol. The molecule has 0 aliphatic carbocycles. The lowest BCUT2D eigenvalue weighted by Gasteiger charge is -2.09. The Morgan fingerprint density at radius 1 is 1.24 bits per heavy atom. The first-order chi connectivity index (χ1) is 12.1. The van der Waals surface area contributed by atoms with E-state index < -0.39 is 0 Å². The molecule has 0 amide bonds. The molecule has 2 aromatic heterocycles. The molecule has 0 aliphatic heterocycles. The Bertz CT molecular complexity index is 854. The van der Waals surface area contributed by atoms with Crippen molar-refractivity contribution in [3.05, 3.63) is 50.7 Å². The predicted molar refractivity (Wildman–Crippen MR) is 109 cm³/mol. The van der Waals surface area contributed by atoms with Crippen LogP contribution in [0.3, 0.4) is 0 Å². The van der Waals surface area contributed by atoms with Crippen LogP contribution in [-0.2, 0) is 18.7 Å². The van der Waals surface area contributed by atoms with Gasteiger partial charge in [0, 0.05) is 33.1 Å². The zero-order valence-corrected chi connectivity index (χ0v) is 17.1. The smallest absolute Gasteiger partial charge is 0.191 e. The van der Waals surface area contributed by atoms with Crippen LogP contribution >= 0.6 is 34.7 Å². The summed E-state index contributed by atoms with van der Waals surface area (Å²) in [6.45, 7) is 7.50. The van der Waals surface area contributed by atoms with E-state index >= 15 is 0 Å². The minimum atomic E-state index is 0.773. The van der Waals surface area contributed by atoms with Crippen LogP contribution in [0, 0.1) is 6.92 Å². The molecule has 0 unspecified atom stereocenters. The van der Waals surface area contributed by atoms with Crippen molar-refractivity contribution in [3.63, 3.8) is 0 Å². The largest absolute Gasteiger partial charge is 0.302 e.